The number of alkyl halides is 1. The molecule has 2 heterocycles. The minimum atomic E-state index is -1.15. The molecule has 0 bridgehead atoms. The maximum atomic E-state index is 14.2. The smallest absolute Gasteiger partial charge is 0.206 e. The highest BCUT2D eigenvalue weighted by atomic mass is 19.2. The van der Waals surface area contributed by atoms with E-state index in [9.17, 15) is 22.0 Å². The number of fused-ring (bicyclic) bond motifs is 1. The molecule has 4 rings (SSSR count). The van der Waals surface area contributed by atoms with E-state index in [0.29, 0.717) is 12.5 Å². The summed E-state index contributed by atoms with van der Waals surface area (Å²) in [5.41, 5.74) is 6.38. The van der Waals surface area contributed by atoms with Gasteiger partial charge in [-0.2, -0.15) is 0 Å². The van der Waals surface area contributed by atoms with Crippen molar-refractivity contribution in [2.75, 3.05) is 18.0 Å². The first-order chi connectivity index (χ1) is 13.3. The summed E-state index contributed by atoms with van der Waals surface area (Å²) in [6.07, 6.45) is -0.976. The molecule has 0 amide bonds. The van der Waals surface area contributed by atoms with Crippen LogP contribution in [-0.2, 0) is 6.54 Å². The van der Waals surface area contributed by atoms with E-state index in [1.165, 1.54) is 10.6 Å². The van der Waals surface area contributed by atoms with Crippen molar-refractivity contribution in [3.05, 3.63) is 59.2 Å². The summed E-state index contributed by atoms with van der Waals surface area (Å²) in [7, 11) is 0. The SMILES string of the molecule is N[C@@H]1CN(c2nc3cc(F)c(F)cc3n2Cc2ccc(F)cc2F)CC[C@H]1F. The van der Waals surface area contributed by atoms with E-state index < -0.39 is 35.5 Å². The van der Waals surface area contributed by atoms with Crippen LogP contribution in [0.25, 0.3) is 11.0 Å². The van der Waals surface area contributed by atoms with Crippen LogP contribution in [0, 0.1) is 23.3 Å². The van der Waals surface area contributed by atoms with Gasteiger partial charge in [0.1, 0.15) is 17.8 Å². The fourth-order valence-corrected chi connectivity index (χ4v) is 3.46. The molecule has 2 aromatic carbocycles. The maximum Gasteiger partial charge on any atom is 0.206 e. The van der Waals surface area contributed by atoms with Crippen LogP contribution in [0.5, 0.6) is 0 Å². The number of imidazole rings is 1. The molecule has 1 aliphatic rings. The van der Waals surface area contributed by atoms with Crippen LogP contribution in [0.4, 0.5) is 27.9 Å². The molecule has 1 fully saturated rings. The first-order valence-electron chi connectivity index (χ1n) is 8.77. The van der Waals surface area contributed by atoms with Gasteiger partial charge < -0.3 is 15.2 Å². The predicted octanol–water partition coefficient (Wildman–Crippen LogP) is 3.52. The second-order valence-corrected chi connectivity index (χ2v) is 6.90. The molecule has 1 aromatic heterocycles. The van der Waals surface area contributed by atoms with Gasteiger partial charge in [0.2, 0.25) is 5.95 Å². The normalized spacial score (nSPS) is 20.1. The molecule has 4 nitrogen and oxygen atoms in total. The van der Waals surface area contributed by atoms with E-state index in [-0.39, 0.29) is 36.1 Å². The highest BCUT2D eigenvalue weighted by molar-refractivity contribution is 5.79. The molecule has 0 spiro atoms. The van der Waals surface area contributed by atoms with E-state index >= 15 is 0 Å². The lowest BCUT2D eigenvalue weighted by Crippen LogP contribution is -2.50. The minimum absolute atomic E-state index is 0.0895. The van der Waals surface area contributed by atoms with E-state index in [1.54, 1.807) is 4.90 Å². The first-order valence-corrected chi connectivity index (χ1v) is 8.77. The van der Waals surface area contributed by atoms with Crippen LogP contribution >= 0.6 is 0 Å². The highest BCUT2D eigenvalue weighted by Gasteiger charge is 2.29. The Balaban J connectivity index is 1.83. The molecule has 3 aromatic rings. The van der Waals surface area contributed by atoms with Gasteiger partial charge in [0, 0.05) is 36.9 Å². The number of nitrogens with two attached hydrogens (primary N) is 1. The summed E-state index contributed by atoms with van der Waals surface area (Å²) >= 11 is 0. The van der Waals surface area contributed by atoms with Crippen molar-refractivity contribution >= 4 is 17.0 Å². The molecular weight excluding hydrogens is 379 g/mol. The summed E-state index contributed by atoms with van der Waals surface area (Å²) in [5.74, 6) is -3.32. The van der Waals surface area contributed by atoms with Gasteiger partial charge in [0.25, 0.3) is 0 Å². The highest BCUT2D eigenvalue weighted by Crippen LogP contribution is 2.29. The lowest BCUT2D eigenvalue weighted by molar-refractivity contribution is 0.243. The van der Waals surface area contributed by atoms with E-state index in [2.05, 4.69) is 4.98 Å². The van der Waals surface area contributed by atoms with Crippen LogP contribution in [0.2, 0.25) is 0 Å². The topological polar surface area (TPSA) is 47.1 Å². The number of piperidine rings is 1. The zero-order valence-electron chi connectivity index (χ0n) is 14.7. The first kappa shape index (κ1) is 18.7. The summed E-state index contributed by atoms with van der Waals surface area (Å²) in [5, 5.41) is 0. The van der Waals surface area contributed by atoms with Crippen molar-refractivity contribution in [2.24, 2.45) is 5.73 Å². The van der Waals surface area contributed by atoms with Gasteiger partial charge in [0.05, 0.1) is 23.6 Å². The third kappa shape index (κ3) is 3.30. The third-order valence-corrected chi connectivity index (χ3v) is 4.97. The Kier molecular flexibility index (Phi) is 4.70. The third-order valence-electron chi connectivity index (χ3n) is 4.97. The van der Waals surface area contributed by atoms with Crippen molar-refractivity contribution in [3.63, 3.8) is 0 Å². The van der Waals surface area contributed by atoms with Crippen molar-refractivity contribution in [3.8, 4) is 0 Å². The summed E-state index contributed by atoms with van der Waals surface area (Å²) in [4.78, 5) is 6.06. The van der Waals surface area contributed by atoms with Gasteiger partial charge in [-0.05, 0) is 12.5 Å². The molecule has 0 saturated carbocycles. The Labute approximate surface area is 157 Å². The summed E-state index contributed by atoms with van der Waals surface area (Å²) in [6, 6.07) is 4.33. The van der Waals surface area contributed by atoms with Crippen molar-refractivity contribution in [1.29, 1.82) is 0 Å². The Hall–Kier alpha value is -2.68. The predicted molar refractivity (Wildman–Crippen MR) is 94.8 cm³/mol. The Morgan fingerprint density at radius 3 is 2.50 bits per heavy atom. The second kappa shape index (κ2) is 7.05. The standard InChI is InChI=1S/C19H17F5N4/c20-11-2-1-10(13(22)5-11)8-28-18-7-15(24)14(23)6-17(18)26-19(28)27-4-3-12(21)16(25)9-27/h1-2,5-7,12,16H,3-4,8-9,25H2/t12-,16-/m1/s1. The Bertz CT molecular complexity index is 1030. The molecule has 9 heteroatoms. The van der Waals surface area contributed by atoms with Gasteiger partial charge in [-0.15, -0.1) is 0 Å². The number of aromatic nitrogens is 2. The summed E-state index contributed by atoms with van der Waals surface area (Å²) in [6.45, 7) is 0.365. The minimum Gasteiger partial charge on any atom is -0.340 e. The molecule has 148 valence electrons. The number of benzene rings is 2. The van der Waals surface area contributed by atoms with E-state index in [0.717, 1.165) is 24.3 Å². The Morgan fingerprint density at radius 2 is 1.79 bits per heavy atom. The van der Waals surface area contributed by atoms with Crippen molar-refractivity contribution < 1.29 is 22.0 Å². The van der Waals surface area contributed by atoms with Crippen LogP contribution in [0.3, 0.4) is 0 Å². The lowest BCUT2D eigenvalue weighted by atomic mass is 10.1. The van der Waals surface area contributed by atoms with Gasteiger partial charge in [0.15, 0.2) is 11.6 Å². The molecule has 1 saturated heterocycles. The van der Waals surface area contributed by atoms with Crippen molar-refractivity contribution in [1.82, 2.24) is 9.55 Å². The van der Waals surface area contributed by atoms with Crippen LogP contribution in [0.15, 0.2) is 30.3 Å². The van der Waals surface area contributed by atoms with Crippen LogP contribution in [0.1, 0.15) is 12.0 Å². The number of halogens is 5. The molecule has 28 heavy (non-hydrogen) atoms. The van der Waals surface area contributed by atoms with Crippen LogP contribution in [-0.4, -0.2) is 34.9 Å². The average Bonchev–Trinajstić information content (AvgIpc) is 2.97. The number of hydrogen-bond donors (Lipinski definition) is 1. The second-order valence-electron chi connectivity index (χ2n) is 6.90. The Morgan fingerprint density at radius 1 is 1.04 bits per heavy atom. The van der Waals surface area contributed by atoms with Gasteiger partial charge in [-0.3, -0.25) is 0 Å². The number of hydrogen-bond acceptors (Lipinski definition) is 3. The quantitative estimate of drug-likeness (QED) is 0.690. The molecule has 0 unspecified atom stereocenters. The van der Waals surface area contributed by atoms with Crippen LogP contribution < -0.4 is 10.6 Å². The molecule has 1 aliphatic heterocycles. The molecule has 2 atom stereocenters. The number of anilines is 1. The fourth-order valence-electron chi connectivity index (χ4n) is 3.46. The average molecular weight is 396 g/mol. The van der Waals surface area contributed by atoms with Gasteiger partial charge in [-0.25, -0.2) is 26.9 Å². The zero-order chi connectivity index (χ0) is 20.0. The monoisotopic (exact) mass is 396 g/mol. The van der Waals surface area contributed by atoms with E-state index in [4.69, 9.17) is 5.73 Å². The van der Waals surface area contributed by atoms with Gasteiger partial charge >= 0.3 is 0 Å². The fraction of sp³-hybridized carbons (Fsp3) is 0.316. The summed E-state index contributed by atoms with van der Waals surface area (Å²) < 4.78 is 70.2. The zero-order valence-corrected chi connectivity index (χ0v) is 14.7. The number of rotatable bonds is 3. The largest absolute Gasteiger partial charge is 0.340 e. The molecule has 2 N–H and O–H groups in total. The van der Waals surface area contributed by atoms with Crippen molar-refractivity contribution in [2.45, 2.75) is 25.2 Å². The molecule has 0 radical (unpaired) electrons. The van der Waals surface area contributed by atoms with E-state index in [1.807, 2.05) is 0 Å². The number of nitrogens with zero attached hydrogens (tertiary/aromatic N) is 3. The molecule has 0 aliphatic carbocycles. The maximum absolute atomic E-state index is 14.2. The van der Waals surface area contributed by atoms with Gasteiger partial charge in [-0.1, -0.05) is 6.07 Å². The molecular formula is C19H17F5N4. The lowest BCUT2D eigenvalue weighted by Gasteiger charge is -2.34.